The molecule has 12 heteroatoms. The van der Waals surface area contributed by atoms with Gasteiger partial charge in [0.15, 0.2) is 10.8 Å². The van der Waals surface area contributed by atoms with Gasteiger partial charge in [-0.25, -0.2) is 9.78 Å². The van der Waals surface area contributed by atoms with Gasteiger partial charge in [0.25, 0.3) is 11.8 Å². The average molecular weight is 423 g/mol. The van der Waals surface area contributed by atoms with Gasteiger partial charge in [0.1, 0.15) is 29.9 Å². The van der Waals surface area contributed by atoms with E-state index >= 15 is 0 Å². The Labute approximate surface area is 168 Å². The summed E-state index contributed by atoms with van der Waals surface area (Å²) in [6.07, 6.45) is 1.97. The Hall–Kier alpha value is -2.86. The van der Waals surface area contributed by atoms with E-state index in [4.69, 9.17) is 10.6 Å². The Balaban J connectivity index is 1.79. The number of nitrogens with two attached hydrogens (primary N) is 1. The zero-order valence-corrected chi connectivity index (χ0v) is 16.4. The molecule has 2 aliphatic heterocycles. The highest BCUT2D eigenvalue weighted by Gasteiger charge is 2.54. The van der Waals surface area contributed by atoms with Crippen LogP contribution in [0.4, 0.5) is 5.13 Å². The van der Waals surface area contributed by atoms with Crippen LogP contribution in [0.3, 0.4) is 0 Å². The Morgan fingerprint density at radius 2 is 2.36 bits per heavy atom. The fourth-order valence-electron chi connectivity index (χ4n) is 2.92. The second kappa shape index (κ2) is 8.02. The van der Waals surface area contributed by atoms with E-state index in [1.807, 2.05) is 0 Å². The zero-order chi connectivity index (χ0) is 20.4. The highest BCUT2D eigenvalue weighted by molar-refractivity contribution is 8.00. The summed E-state index contributed by atoms with van der Waals surface area (Å²) in [7, 11) is 1.28. The highest BCUT2D eigenvalue weighted by atomic mass is 32.2. The summed E-state index contributed by atoms with van der Waals surface area (Å²) in [6.45, 7) is 3.62. The number of thiazole rings is 1. The van der Waals surface area contributed by atoms with Crippen LogP contribution < -0.4 is 11.1 Å². The van der Waals surface area contributed by atoms with Gasteiger partial charge in [-0.05, 0) is 12.0 Å². The lowest BCUT2D eigenvalue weighted by molar-refractivity contribution is -0.150. The lowest BCUT2D eigenvalue weighted by atomic mass is 10.0. The summed E-state index contributed by atoms with van der Waals surface area (Å²) >= 11 is 2.51. The lowest BCUT2D eigenvalue weighted by Gasteiger charge is -2.49. The number of aliphatic carboxylic acids is 1. The summed E-state index contributed by atoms with van der Waals surface area (Å²) in [4.78, 5) is 46.8. The van der Waals surface area contributed by atoms with Gasteiger partial charge in [0.05, 0.1) is 0 Å². The van der Waals surface area contributed by atoms with E-state index in [0.29, 0.717) is 17.7 Å². The van der Waals surface area contributed by atoms with E-state index < -0.39 is 29.2 Å². The standard InChI is InChI=1S/C16H17N5O5S2/c1-3-4-7-5-27-14-10(13(23)21(14)11(7)15(24)25)19-12(22)9(20-26-2)8-6-28-16(17)18-8/h3,6,10,14H,1,4-5H2,2H3,(H2,17,18)(H,19,22)(H,24,25)/b20-9-/t10-,14-/m1/s1. The maximum Gasteiger partial charge on any atom is 0.352 e. The monoisotopic (exact) mass is 423 g/mol. The molecule has 0 radical (unpaired) electrons. The van der Waals surface area contributed by atoms with Crippen molar-refractivity contribution in [3.8, 4) is 0 Å². The third kappa shape index (κ3) is 3.47. The van der Waals surface area contributed by atoms with Gasteiger partial charge in [-0.1, -0.05) is 11.2 Å². The van der Waals surface area contributed by atoms with Gasteiger partial charge in [-0.3, -0.25) is 14.5 Å². The van der Waals surface area contributed by atoms with Crippen molar-refractivity contribution in [3.63, 3.8) is 0 Å². The van der Waals surface area contributed by atoms with Crippen LogP contribution in [0.15, 0.2) is 34.5 Å². The summed E-state index contributed by atoms with van der Waals surface area (Å²) in [5.74, 6) is -1.92. The van der Waals surface area contributed by atoms with Gasteiger partial charge in [0.2, 0.25) is 0 Å². The topological polar surface area (TPSA) is 147 Å². The normalized spacial score (nSPS) is 21.7. The number of nitrogens with one attached hydrogen (secondary N) is 1. The number of carbonyl (C=O) groups excluding carboxylic acids is 2. The molecule has 2 amide bonds. The molecule has 2 aliphatic rings. The second-order valence-corrected chi connectivity index (χ2v) is 7.80. The molecule has 3 rings (SSSR count). The Morgan fingerprint density at radius 3 is 2.93 bits per heavy atom. The molecule has 0 aliphatic carbocycles. The summed E-state index contributed by atoms with van der Waals surface area (Å²) in [5.41, 5.74) is 6.26. The van der Waals surface area contributed by atoms with E-state index in [0.717, 1.165) is 11.3 Å². The smallest absolute Gasteiger partial charge is 0.352 e. The first kappa shape index (κ1) is 19.9. The van der Waals surface area contributed by atoms with Crippen molar-refractivity contribution < 1.29 is 24.3 Å². The van der Waals surface area contributed by atoms with Crippen LogP contribution in [0.2, 0.25) is 0 Å². The number of carboxylic acids is 1. The van der Waals surface area contributed by atoms with Gasteiger partial charge < -0.3 is 21.0 Å². The number of nitrogens with zero attached hydrogens (tertiary/aromatic N) is 3. The largest absolute Gasteiger partial charge is 0.477 e. The van der Waals surface area contributed by atoms with Crippen molar-refractivity contribution in [2.24, 2.45) is 5.16 Å². The molecule has 1 saturated heterocycles. The van der Waals surface area contributed by atoms with E-state index in [9.17, 15) is 19.5 Å². The Kier molecular flexibility index (Phi) is 5.70. The molecule has 0 unspecified atom stereocenters. The van der Waals surface area contributed by atoms with Gasteiger partial charge >= 0.3 is 5.97 Å². The molecular weight excluding hydrogens is 406 g/mol. The first-order valence-corrected chi connectivity index (χ1v) is 9.96. The van der Waals surface area contributed by atoms with Crippen LogP contribution in [0.1, 0.15) is 12.1 Å². The van der Waals surface area contributed by atoms with E-state index in [-0.39, 0.29) is 22.2 Å². The number of aromatic nitrogens is 1. The van der Waals surface area contributed by atoms with Crippen LogP contribution in [0.25, 0.3) is 0 Å². The van der Waals surface area contributed by atoms with Crippen LogP contribution in [0.5, 0.6) is 0 Å². The quantitative estimate of drug-likeness (QED) is 0.247. The number of carboxylic acid groups (broad SMARTS) is 1. The Bertz CT molecular complexity index is 909. The molecule has 0 saturated carbocycles. The third-order valence-corrected chi connectivity index (χ3v) is 6.10. The predicted octanol–water partition coefficient (Wildman–Crippen LogP) is 0.391. The van der Waals surface area contributed by atoms with Crippen molar-refractivity contribution in [3.05, 3.63) is 35.0 Å². The summed E-state index contributed by atoms with van der Waals surface area (Å²) < 4.78 is 0. The minimum atomic E-state index is -1.18. The number of allylic oxidation sites excluding steroid dienone is 1. The second-order valence-electron chi connectivity index (χ2n) is 5.80. The number of thioether (sulfide) groups is 1. The van der Waals surface area contributed by atoms with Gasteiger partial charge in [0, 0.05) is 11.1 Å². The molecule has 148 valence electrons. The number of rotatable bonds is 7. The minimum Gasteiger partial charge on any atom is -0.477 e. The van der Waals surface area contributed by atoms with Crippen molar-refractivity contribution in [1.82, 2.24) is 15.2 Å². The molecule has 1 fully saturated rings. The van der Waals surface area contributed by atoms with Crippen molar-refractivity contribution in [2.45, 2.75) is 17.8 Å². The molecule has 0 aromatic carbocycles. The van der Waals surface area contributed by atoms with Crippen molar-refractivity contribution >= 4 is 51.7 Å². The Morgan fingerprint density at radius 1 is 1.61 bits per heavy atom. The fraction of sp³-hybridized carbons (Fsp3) is 0.312. The van der Waals surface area contributed by atoms with Gasteiger partial charge in [-0.2, -0.15) is 0 Å². The van der Waals surface area contributed by atoms with E-state index in [1.165, 1.54) is 23.8 Å². The van der Waals surface area contributed by atoms with Crippen molar-refractivity contribution in [1.29, 1.82) is 0 Å². The first-order chi connectivity index (χ1) is 13.4. The zero-order valence-electron chi connectivity index (χ0n) is 14.7. The summed E-state index contributed by atoms with van der Waals surface area (Å²) in [5, 5.41) is 17.1. The molecule has 28 heavy (non-hydrogen) atoms. The molecule has 10 nitrogen and oxygen atoms in total. The van der Waals surface area contributed by atoms with E-state index in [2.05, 4.69) is 22.0 Å². The number of hydrogen-bond acceptors (Lipinski definition) is 9. The number of β-lactam (4-membered cyclic amide) rings is 1. The molecular formula is C16H17N5O5S2. The molecule has 1 aromatic heterocycles. The maximum atomic E-state index is 12.6. The SMILES string of the molecule is C=CCC1=C(C(=O)O)N2C(=O)[C@@H](NC(=O)/C(=N\OC)c3csc(N)n3)[C@H]2SC1. The molecule has 2 atom stereocenters. The minimum absolute atomic E-state index is 0.0443. The van der Waals surface area contributed by atoms with Crippen LogP contribution in [0, 0.1) is 0 Å². The number of carbonyl (C=O) groups is 3. The summed E-state index contributed by atoms with van der Waals surface area (Å²) in [6, 6.07) is -0.879. The average Bonchev–Trinajstić information content (AvgIpc) is 3.09. The number of oxime groups is 1. The number of amides is 2. The van der Waals surface area contributed by atoms with Gasteiger partial charge in [-0.15, -0.1) is 29.7 Å². The first-order valence-electron chi connectivity index (χ1n) is 8.03. The maximum absolute atomic E-state index is 12.6. The molecule has 3 heterocycles. The molecule has 0 bridgehead atoms. The van der Waals surface area contributed by atoms with Crippen LogP contribution >= 0.6 is 23.1 Å². The number of fused-ring (bicyclic) bond motifs is 1. The highest BCUT2D eigenvalue weighted by Crippen LogP contribution is 2.41. The fourth-order valence-corrected chi connectivity index (χ4v) is 4.83. The molecule has 4 N–H and O–H groups in total. The van der Waals surface area contributed by atoms with Crippen molar-refractivity contribution in [2.75, 3.05) is 18.6 Å². The number of nitrogen functional groups attached to an aromatic ring is 1. The third-order valence-electron chi connectivity index (χ3n) is 4.09. The predicted molar refractivity (Wildman–Crippen MR) is 105 cm³/mol. The molecule has 0 spiro atoms. The van der Waals surface area contributed by atoms with E-state index in [1.54, 1.807) is 11.5 Å². The van der Waals surface area contributed by atoms with Crippen LogP contribution in [-0.2, 0) is 19.2 Å². The number of anilines is 1. The van der Waals surface area contributed by atoms with Crippen LogP contribution in [-0.4, -0.2) is 62.8 Å². The molecule has 1 aromatic rings. The lowest BCUT2D eigenvalue weighted by Crippen LogP contribution is -2.71. The number of hydrogen-bond donors (Lipinski definition) is 3.